The van der Waals surface area contributed by atoms with Crippen molar-refractivity contribution in [3.8, 4) is 0 Å². The number of carbonyl (C=O) groups is 2. The van der Waals surface area contributed by atoms with E-state index in [1.54, 1.807) is 13.8 Å². The highest BCUT2D eigenvalue weighted by atomic mass is 32.2. The van der Waals surface area contributed by atoms with Crippen LogP contribution in [0.4, 0.5) is 5.69 Å². The topological polar surface area (TPSA) is 92.8 Å². The Morgan fingerprint density at radius 2 is 2.00 bits per heavy atom. The standard InChI is InChI=1S/C17H22N2O5S/c1-17(2)11-25(22,23)19(16(17)21)13-7-5-12(6-8-13)15(20)18-10-14-4-3-9-24-14/h5-8,14H,3-4,9-11H2,1-2H3,(H,18,20). The Balaban J connectivity index is 1.71. The first-order chi connectivity index (χ1) is 11.7. The molecule has 25 heavy (non-hydrogen) atoms. The first kappa shape index (κ1) is 17.9. The number of nitrogens with zero attached hydrogens (tertiary/aromatic N) is 1. The van der Waals surface area contributed by atoms with Crippen LogP contribution in [0.15, 0.2) is 24.3 Å². The molecular formula is C17H22N2O5S. The fraction of sp³-hybridized carbons (Fsp3) is 0.529. The van der Waals surface area contributed by atoms with Gasteiger partial charge in [-0.3, -0.25) is 9.59 Å². The maximum atomic E-state index is 12.4. The summed E-state index contributed by atoms with van der Waals surface area (Å²) in [5.41, 5.74) is -0.285. The third-order valence-electron chi connectivity index (χ3n) is 4.46. The highest BCUT2D eigenvalue weighted by Gasteiger charge is 2.49. The Bertz CT molecular complexity index is 780. The fourth-order valence-electron chi connectivity index (χ4n) is 3.12. The van der Waals surface area contributed by atoms with Gasteiger partial charge in [0.1, 0.15) is 0 Å². The second kappa shape index (κ2) is 6.42. The molecule has 7 nitrogen and oxygen atoms in total. The zero-order chi connectivity index (χ0) is 18.2. The number of benzene rings is 1. The van der Waals surface area contributed by atoms with Gasteiger partial charge in [0.05, 0.1) is 23.0 Å². The van der Waals surface area contributed by atoms with Gasteiger partial charge in [0.15, 0.2) is 0 Å². The lowest BCUT2D eigenvalue weighted by Gasteiger charge is -2.17. The van der Waals surface area contributed by atoms with Crippen LogP contribution in [0.5, 0.6) is 0 Å². The molecule has 0 aliphatic carbocycles. The molecule has 1 aromatic rings. The Labute approximate surface area is 147 Å². The fourth-order valence-corrected chi connectivity index (χ4v) is 5.23. The van der Waals surface area contributed by atoms with E-state index < -0.39 is 21.3 Å². The number of rotatable bonds is 4. The van der Waals surface area contributed by atoms with Crippen molar-refractivity contribution >= 4 is 27.5 Å². The van der Waals surface area contributed by atoms with E-state index in [4.69, 9.17) is 4.74 Å². The van der Waals surface area contributed by atoms with Gasteiger partial charge in [-0.05, 0) is 51.0 Å². The number of hydrogen-bond donors (Lipinski definition) is 1. The van der Waals surface area contributed by atoms with Gasteiger partial charge < -0.3 is 10.1 Å². The van der Waals surface area contributed by atoms with E-state index in [-0.39, 0.29) is 23.5 Å². The van der Waals surface area contributed by atoms with Crippen LogP contribution >= 0.6 is 0 Å². The summed E-state index contributed by atoms with van der Waals surface area (Å²) in [6.07, 6.45) is 1.99. The molecule has 2 fully saturated rings. The number of carbonyl (C=O) groups excluding carboxylic acids is 2. The molecule has 2 aliphatic rings. The number of ether oxygens (including phenoxy) is 1. The van der Waals surface area contributed by atoms with E-state index in [0.29, 0.717) is 12.1 Å². The predicted octanol–water partition coefficient (Wildman–Crippen LogP) is 1.30. The van der Waals surface area contributed by atoms with Gasteiger partial charge in [0, 0.05) is 18.7 Å². The summed E-state index contributed by atoms with van der Waals surface area (Å²) in [7, 11) is -3.68. The van der Waals surface area contributed by atoms with E-state index in [9.17, 15) is 18.0 Å². The summed E-state index contributed by atoms with van der Waals surface area (Å²) in [5, 5.41) is 2.81. The lowest BCUT2D eigenvalue weighted by Crippen LogP contribution is -2.33. The average molecular weight is 366 g/mol. The van der Waals surface area contributed by atoms with Crippen LogP contribution in [-0.4, -0.2) is 45.2 Å². The number of anilines is 1. The highest BCUT2D eigenvalue weighted by Crippen LogP contribution is 2.35. The van der Waals surface area contributed by atoms with E-state index >= 15 is 0 Å². The normalized spacial score (nSPS) is 24.5. The third-order valence-corrected chi connectivity index (χ3v) is 6.48. The molecule has 3 rings (SSSR count). The molecule has 1 N–H and O–H groups in total. The summed E-state index contributed by atoms with van der Waals surface area (Å²) in [4.78, 5) is 24.5. The van der Waals surface area contributed by atoms with E-state index in [1.807, 2.05) is 0 Å². The maximum absolute atomic E-state index is 12.4. The summed E-state index contributed by atoms with van der Waals surface area (Å²) >= 11 is 0. The first-order valence-electron chi connectivity index (χ1n) is 8.28. The molecule has 136 valence electrons. The molecule has 0 saturated carbocycles. The molecule has 2 amide bonds. The second-order valence-electron chi connectivity index (χ2n) is 7.10. The maximum Gasteiger partial charge on any atom is 0.251 e. The van der Waals surface area contributed by atoms with E-state index in [2.05, 4.69) is 5.32 Å². The van der Waals surface area contributed by atoms with Crippen LogP contribution < -0.4 is 9.62 Å². The molecule has 2 saturated heterocycles. The van der Waals surface area contributed by atoms with Gasteiger partial charge in [0.2, 0.25) is 15.9 Å². The molecule has 2 heterocycles. The van der Waals surface area contributed by atoms with Crippen molar-refractivity contribution < 1.29 is 22.7 Å². The van der Waals surface area contributed by atoms with Crippen molar-refractivity contribution in [3.63, 3.8) is 0 Å². The van der Waals surface area contributed by atoms with Crippen LogP contribution in [0.2, 0.25) is 0 Å². The average Bonchev–Trinajstić information content (AvgIpc) is 3.10. The molecule has 1 aromatic carbocycles. The van der Waals surface area contributed by atoms with Crippen molar-refractivity contribution in [2.45, 2.75) is 32.8 Å². The quantitative estimate of drug-likeness (QED) is 0.867. The number of amides is 2. The minimum Gasteiger partial charge on any atom is -0.376 e. The Kier molecular flexibility index (Phi) is 4.59. The van der Waals surface area contributed by atoms with Crippen LogP contribution in [-0.2, 0) is 19.6 Å². The third kappa shape index (κ3) is 3.55. The lowest BCUT2D eigenvalue weighted by molar-refractivity contribution is -0.123. The molecule has 1 unspecified atom stereocenters. The molecule has 0 spiro atoms. The summed E-state index contributed by atoms with van der Waals surface area (Å²) < 4.78 is 30.8. The Hall–Kier alpha value is -1.93. The van der Waals surface area contributed by atoms with Gasteiger partial charge in [-0.25, -0.2) is 12.7 Å². The lowest BCUT2D eigenvalue weighted by atomic mass is 9.95. The highest BCUT2D eigenvalue weighted by molar-refractivity contribution is 7.94. The monoisotopic (exact) mass is 366 g/mol. The van der Waals surface area contributed by atoms with Crippen LogP contribution in [0.25, 0.3) is 0 Å². The SMILES string of the molecule is CC1(C)CS(=O)(=O)N(c2ccc(C(=O)NCC3CCCO3)cc2)C1=O. The van der Waals surface area contributed by atoms with Gasteiger partial charge in [-0.1, -0.05) is 0 Å². The number of hydrogen-bond acceptors (Lipinski definition) is 5. The van der Waals surface area contributed by atoms with Crippen molar-refractivity contribution in [3.05, 3.63) is 29.8 Å². The molecule has 0 radical (unpaired) electrons. The largest absolute Gasteiger partial charge is 0.376 e. The first-order valence-corrected chi connectivity index (χ1v) is 9.89. The van der Waals surface area contributed by atoms with Crippen LogP contribution in [0, 0.1) is 5.41 Å². The van der Waals surface area contributed by atoms with Gasteiger partial charge in [-0.2, -0.15) is 0 Å². The number of nitrogens with one attached hydrogen (secondary N) is 1. The van der Waals surface area contributed by atoms with Crippen molar-refractivity contribution in [1.29, 1.82) is 0 Å². The smallest absolute Gasteiger partial charge is 0.251 e. The van der Waals surface area contributed by atoms with Gasteiger partial charge >= 0.3 is 0 Å². The van der Waals surface area contributed by atoms with E-state index in [1.165, 1.54) is 24.3 Å². The van der Waals surface area contributed by atoms with Gasteiger partial charge in [0.25, 0.3) is 5.91 Å². The predicted molar refractivity (Wildman–Crippen MR) is 92.8 cm³/mol. The van der Waals surface area contributed by atoms with Crippen LogP contribution in [0.1, 0.15) is 37.0 Å². The molecule has 2 aliphatic heterocycles. The number of sulfonamides is 1. The molecule has 1 atom stereocenters. The summed E-state index contributed by atoms with van der Waals surface area (Å²) in [6, 6.07) is 6.01. The molecular weight excluding hydrogens is 344 g/mol. The van der Waals surface area contributed by atoms with Crippen molar-refractivity contribution in [1.82, 2.24) is 5.32 Å². The Morgan fingerprint density at radius 3 is 2.52 bits per heavy atom. The minimum absolute atomic E-state index is 0.0535. The molecule has 0 bridgehead atoms. The zero-order valence-electron chi connectivity index (χ0n) is 14.3. The van der Waals surface area contributed by atoms with E-state index in [0.717, 1.165) is 23.8 Å². The summed E-state index contributed by atoms with van der Waals surface area (Å²) in [5.74, 6) is -0.927. The Morgan fingerprint density at radius 1 is 1.32 bits per heavy atom. The summed E-state index contributed by atoms with van der Waals surface area (Å²) in [6.45, 7) is 4.40. The van der Waals surface area contributed by atoms with Gasteiger partial charge in [-0.15, -0.1) is 0 Å². The molecule has 8 heteroatoms. The minimum atomic E-state index is -3.68. The second-order valence-corrected chi connectivity index (χ2v) is 8.92. The zero-order valence-corrected chi connectivity index (χ0v) is 15.1. The van der Waals surface area contributed by atoms with Crippen molar-refractivity contribution in [2.24, 2.45) is 5.41 Å². The molecule has 0 aromatic heterocycles. The van der Waals surface area contributed by atoms with Crippen molar-refractivity contribution in [2.75, 3.05) is 23.2 Å². The van der Waals surface area contributed by atoms with Crippen LogP contribution in [0.3, 0.4) is 0 Å².